The van der Waals surface area contributed by atoms with Gasteiger partial charge in [0.15, 0.2) is 4.77 Å². The number of benzene rings is 2. The van der Waals surface area contributed by atoms with Gasteiger partial charge in [0.05, 0.1) is 22.3 Å². The van der Waals surface area contributed by atoms with Gasteiger partial charge in [0.1, 0.15) is 0 Å². The molecule has 2 aromatic carbocycles. The van der Waals surface area contributed by atoms with Crippen molar-refractivity contribution in [2.24, 2.45) is 0 Å². The Balaban J connectivity index is 1.28. The standard InChI is InChI=1S/C24H25N5O2S/c1-17-18(16-29(27-17)19-9-3-2-4-10-19)8-7-14-25-22(30)13-15-28-23(31)20-11-5-6-12-21(20)26-24(28)32/h2-6,9-12,16H,7-8,13-15H2,1H3,(H,25,30)(H,26,32). The van der Waals surface area contributed by atoms with Gasteiger partial charge in [-0.3, -0.25) is 14.2 Å². The summed E-state index contributed by atoms with van der Waals surface area (Å²) in [5.41, 5.74) is 3.71. The summed E-state index contributed by atoms with van der Waals surface area (Å²) >= 11 is 5.30. The molecule has 32 heavy (non-hydrogen) atoms. The average molecular weight is 448 g/mol. The molecule has 8 heteroatoms. The number of fused-ring (bicyclic) bond motifs is 1. The Morgan fingerprint density at radius 1 is 1.12 bits per heavy atom. The smallest absolute Gasteiger partial charge is 0.262 e. The number of carbonyl (C=O) groups is 1. The molecule has 0 fully saturated rings. The van der Waals surface area contributed by atoms with Crippen molar-refractivity contribution in [3.8, 4) is 5.69 Å². The molecule has 0 unspecified atom stereocenters. The second-order valence-electron chi connectivity index (χ2n) is 7.66. The summed E-state index contributed by atoms with van der Waals surface area (Å²) in [5, 5.41) is 8.07. The van der Waals surface area contributed by atoms with Crippen LogP contribution in [-0.2, 0) is 17.8 Å². The lowest BCUT2D eigenvalue weighted by molar-refractivity contribution is -0.121. The summed E-state index contributed by atoms with van der Waals surface area (Å²) < 4.78 is 3.65. The van der Waals surface area contributed by atoms with Gasteiger partial charge >= 0.3 is 0 Å². The van der Waals surface area contributed by atoms with Gasteiger partial charge in [-0.05, 0) is 61.8 Å². The van der Waals surface area contributed by atoms with Crippen molar-refractivity contribution in [1.82, 2.24) is 24.6 Å². The van der Waals surface area contributed by atoms with Crippen LogP contribution in [0.3, 0.4) is 0 Å². The highest BCUT2D eigenvalue weighted by Gasteiger charge is 2.09. The Morgan fingerprint density at radius 2 is 1.88 bits per heavy atom. The Hall–Kier alpha value is -3.52. The minimum Gasteiger partial charge on any atom is -0.356 e. The zero-order valence-electron chi connectivity index (χ0n) is 17.9. The molecule has 4 rings (SSSR count). The number of aryl methyl sites for hydroxylation is 2. The zero-order chi connectivity index (χ0) is 22.5. The topological polar surface area (TPSA) is 84.7 Å². The van der Waals surface area contributed by atoms with Gasteiger partial charge in [0, 0.05) is 25.7 Å². The minimum absolute atomic E-state index is 0.101. The maximum Gasteiger partial charge on any atom is 0.262 e. The molecule has 4 aromatic rings. The van der Waals surface area contributed by atoms with Gasteiger partial charge < -0.3 is 10.3 Å². The van der Waals surface area contributed by atoms with Crippen LogP contribution < -0.4 is 10.9 Å². The van der Waals surface area contributed by atoms with Crippen LogP contribution in [-0.4, -0.2) is 31.8 Å². The lowest BCUT2D eigenvalue weighted by Gasteiger charge is -2.09. The molecule has 0 aliphatic heterocycles. The molecule has 0 saturated heterocycles. The van der Waals surface area contributed by atoms with Crippen LogP contribution >= 0.6 is 12.2 Å². The largest absolute Gasteiger partial charge is 0.356 e. The highest BCUT2D eigenvalue weighted by atomic mass is 32.1. The molecule has 0 radical (unpaired) electrons. The summed E-state index contributed by atoms with van der Waals surface area (Å²) in [7, 11) is 0. The van der Waals surface area contributed by atoms with Crippen LogP contribution in [0.4, 0.5) is 0 Å². The molecule has 0 aliphatic carbocycles. The average Bonchev–Trinajstić information content (AvgIpc) is 3.17. The fourth-order valence-corrected chi connectivity index (χ4v) is 3.95. The van der Waals surface area contributed by atoms with E-state index in [0.717, 1.165) is 29.8 Å². The van der Waals surface area contributed by atoms with E-state index in [2.05, 4.69) is 15.4 Å². The van der Waals surface area contributed by atoms with Crippen LogP contribution in [0.25, 0.3) is 16.6 Å². The van der Waals surface area contributed by atoms with E-state index in [4.69, 9.17) is 12.2 Å². The number of amides is 1. The van der Waals surface area contributed by atoms with Crippen LogP contribution in [0.15, 0.2) is 65.6 Å². The summed E-state index contributed by atoms with van der Waals surface area (Å²) in [6.07, 6.45) is 3.87. The minimum atomic E-state index is -0.178. The van der Waals surface area contributed by atoms with E-state index in [0.29, 0.717) is 22.2 Å². The molecule has 1 amide bonds. The van der Waals surface area contributed by atoms with Crippen molar-refractivity contribution < 1.29 is 4.79 Å². The third-order valence-electron chi connectivity index (χ3n) is 5.42. The van der Waals surface area contributed by atoms with Crippen molar-refractivity contribution in [3.63, 3.8) is 0 Å². The first-order valence-electron chi connectivity index (χ1n) is 10.6. The maximum absolute atomic E-state index is 12.7. The maximum atomic E-state index is 12.7. The van der Waals surface area contributed by atoms with E-state index >= 15 is 0 Å². The third-order valence-corrected chi connectivity index (χ3v) is 5.74. The Labute approximate surface area is 190 Å². The van der Waals surface area contributed by atoms with Crippen molar-refractivity contribution >= 4 is 29.0 Å². The molecule has 2 aromatic heterocycles. The van der Waals surface area contributed by atoms with Gasteiger partial charge in [-0.15, -0.1) is 0 Å². The Morgan fingerprint density at radius 3 is 2.69 bits per heavy atom. The van der Waals surface area contributed by atoms with E-state index in [1.54, 1.807) is 6.07 Å². The van der Waals surface area contributed by atoms with E-state index < -0.39 is 0 Å². The van der Waals surface area contributed by atoms with Gasteiger partial charge in [0.25, 0.3) is 5.56 Å². The summed E-state index contributed by atoms with van der Waals surface area (Å²) in [5.74, 6) is -0.101. The van der Waals surface area contributed by atoms with Gasteiger partial charge in [-0.2, -0.15) is 5.10 Å². The first-order valence-corrected chi connectivity index (χ1v) is 11.0. The van der Waals surface area contributed by atoms with E-state index in [-0.39, 0.29) is 24.4 Å². The molecule has 2 N–H and O–H groups in total. The zero-order valence-corrected chi connectivity index (χ0v) is 18.7. The molecule has 0 spiro atoms. The third kappa shape index (κ3) is 4.86. The number of nitrogens with zero attached hydrogens (tertiary/aromatic N) is 3. The highest BCUT2D eigenvalue weighted by Crippen LogP contribution is 2.13. The lowest BCUT2D eigenvalue weighted by atomic mass is 10.1. The van der Waals surface area contributed by atoms with Gasteiger partial charge in [0.2, 0.25) is 5.91 Å². The quantitative estimate of drug-likeness (QED) is 0.319. The normalized spacial score (nSPS) is 11.0. The molecule has 0 bridgehead atoms. The summed E-state index contributed by atoms with van der Waals surface area (Å²) in [6.45, 7) is 2.81. The Kier molecular flexibility index (Phi) is 6.61. The van der Waals surface area contributed by atoms with E-state index in [1.165, 1.54) is 4.57 Å². The van der Waals surface area contributed by atoms with Crippen LogP contribution in [0.5, 0.6) is 0 Å². The predicted octanol–water partition coefficient (Wildman–Crippen LogP) is 3.69. The summed E-state index contributed by atoms with van der Waals surface area (Å²) in [6, 6.07) is 17.2. The van der Waals surface area contributed by atoms with Gasteiger partial charge in [-0.1, -0.05) is 30.3 Å². The number of hydrogen-bond donors (Lipinski definition) is 2. The molecule has 0 saturated carbocycles. The fraction of sp³-hybridized carbons (Fsp3) is 0.250. The van der Waals surface area contributed by atoms with Crippen molar-refractivity contribution in [1.29, 1.82) is 0 Å². The number of aromatic nitrogens is 4. The lowest BCUT2D eigenvalue weighted by Crippen LogP contribution is -2.29. The fourth-order valence-electron chi connectivity index (χ4n) is 3.66. The van der Waals surface area contributed by atoms with Crippen molar-refractivity contribution in [2.75, 3.05) is 6.54 Å². The Bertz CT molecular complexity index is 1350. The number of nitrogens with one attached hydrogen (secondary N) is 2. The van der Waals surface area contributed by atoms with Crippen LogP contribution in [0, 0.1) is 11.7 Å². The predicted molar refractivity (Wildman–Crippen MR) is 128 cm³/mol. The highest BCUT2D eigenvalue weighted by molar-refractivity contribution is 7.71. The number of rotatable bonds is 8. The molecular formula is C24H25N5O2S. The number of para-hydroxylation sites is 2. The molecule has 164 valence electrons. The molecule has 2 heterocycles. The first kappa shape index (κ1) is 21.7. The van der Waals surface area contributed by atoms with Crippen LogP contribution in [0.2, 0.25) is 0 Å². The number of carbonyl (C=O) groups excluding carboxylic acids is 1. The summed E-state index contributed by atoms with van der Waals surface area (Å²) in [4.78, 5) is 28.0. The SMILES string of the molecule is Cc1nn(-c2ccccc2)cc1CCCNC(=O)CCn1c(=S)[nH]c2ccccc2c1=O. The molecular weight excluding hydrogens is 422 g/mol. The van der Waals surface area contributed by atoms with Gasteiger partial charge in [-0.25, -0.2) is 4.68 Å². The molecule has 0 aliphatic rings. The molecule has 7 nitrogen and oxygen atoms in total. The molecule has 0 atom stereocenters. The van der Waals surface area contributed by atoms with Crippen molar-refractivity contribution in [2.45, 2.75) is 32.7 Å². The van der Waals surface area contributed by atoms with E-state index in [1.807, 2.05) is 66.3 Å². The van der Waals surface area contributed by atoms with Crippen molar-refractivity contribution in [3.05, 3.63) is 87.2 Å². The van der Waals surface area contributed by atoms with E-state index in [9.17, 15) is 9.59 Å². The second-order valence-corrected chi connectivity index (χ2v) is 8.04. The number of aromatic amines is 1. The number of H-pyrrole nitrogens is 1. The monoisotopic (exact) mass is 447 g/mol. The first-order chi connectivity index (χ1) is 15.5. The second kappa shape index (κ2) is 9.74. The number of hydrogen-bond acceptors (Lipinski definition) is 4. The van der Waals surface area contributed by atoms with Crippen LogP contribution in [0.1, 0.15) is 24.1 Å².